The number of aliphatic hydroxyl groups excluding tert-OH is 4. The van der Waals surface area contributed by atoms with Crippen LogP contribution in [0.4, 0.5) is 0 Å². The molecule has 0 aromatic rings. The number of hydrogen-bond donors (Lipinski definition) is 6. The van der Waals surface area contributed by atoms with Crippen LogP contribution >= 0.6 is 0 Å². The van der Waals surface area contributed by atoms with E-state index in [4.69, 9.17) is 9.47 Å². The van der Waals surface area contributed by atoms with Gasteiger partial charge in [0.2, 0.25) is 5.91 Å². The lowest BCUT2D eigenvalue weighted by Crippen LogP contribution is -2.61. The molecule has 0 aromatic carbocycles. The molecule has 1 aliphatic heterocycles. The van der Waals surface area contributed by atoms with Crippen LogP contribution in [0.1, 0.15) is 296 Å². The molecule has 12 nitrogen and oxygen atoms in total. The van der Waals surface area contributed by atoms with Gasteiger partial charge in [-0.2, -0.15) is 8.42 Å². The molecule has 1 fully saturated rings. The molecule has 0 bridgehead atoms. The van der Waals surface area contributed by atoms with Crippen molar-refractivity contribution >= 4 is 16.3 Å². The van der Waals surface area contributed by atoms with Crippen molar-refractivity contribution in [1.82, 2.24) is 5.32 Å². The normalized spacial score (nSPS) is 19.5. The summed E-state index contributed by atoms with van der Waals surface area (Å²) in [6.07, 6.45) is 49.7. The van der Waals surface area contributed by atoms with E-state index >= 15 is 0 Å². The Morgan fingerprint density at radius 3 is 1.23 bits per heavy atom. The topological polar surface area (TPSA) is 192 Å². The Labute approximate surface area is 436 Å². The van der Waals surface area contributed by atoms with Crippen LogP contribution in [0, 0.1) is 0 Å². The minimum absolute atomic E-state index is 0.255. The van der Waals surface area contributed by atoms with Crippen molar-refractivity contribution in [2.75, 3.05) is 13.2 Å². The molecule has 1 heterocycles. The number of hydrogen-bond acceptors (Lipinski definition) is 10. The van der Waals surface area contributed by atoms with Gasteiger partial charge in [0.05, 0.1) is 25.4 Å². The van der Waals surface area contributed by atoms with Crippen molar-refractivity contribution in [3.8, 4) is 0 Å². The Balaban J connectivity index is 2.35. The maximum atomic E-state index is 13.1. The highest BCUT2D eigenvalue weighted by molar-refractivity contribution is 7.80. The van der Waals surface area contributed by atoms with Gasteiger partial charge in [-0.05, 0) is 19.3 Å². The third kappa shape index (κ3) is 40.8. The number of rotatable bonds is 53. The van der Waals surface area contributed by atoms with Crippen molar-refractivity contribution in [2.24, 2.45) is 0 Å². The Bertz CT molecular complexity index is 1310. The first kappa shape index (κ1) is 67.9. The Morgan fingerprint density at radius 1 is 0.549 bits per heavy atom. The van der Waals surface area contributed by atoms with E-state index in [2.05, 4.69) is 23.3 Å². The molecular weight excluding hydrogens is 919 g/mol. The van der Waals surface area contributed by atoms with Crippen molar-refractivity contribution in [3.05, 3.63) is 12.2 Å². The van der Waals surface area contributed by atoms with Gasteiger partial charge in [0.15, 0.2) is 6.29 Å². The second-order valence-corrected chi connectivity index (χ2v) is 22.4. The van der Waals surface area contributed by atoms with Gasteiger partial charge in [0.1, 0.15) is 24.4 Å². The summed E-state index contributed by atoms with van der Waals surface area (Å²) < 4.78 is 47.9. The Hall–Kier alpha value is -1.16. The SMILES string of the molecule is CCCCCCCCCCCCCCCCCCCCC/C=C/C(O)C(COC1OC(CO)C(O)C(OS(=O)(=O)O)C1O)NC(=O)CCCCCCCCCCCCCCCCCCCCCCCCC. The molecule has 0 saturated carbocycles. The zero-order chi connectivity index (χ0) is 51.9. The first-order valence-electron chi connectivity index (χ1n) is 30.1. The Kier molecular flexibility index (Phi) is 46.3. The summed E-state index contributed by atoms with van der Waals surface area (Å²) in [5, 5.41) is 45.0. The third-order valence-electron chi connectivity index (χ3n) is 14.6. The molecule has 1 rings (SSSR count). The average Bonchev–Trinajstić information content (AvgIpc) is 3.34. The van der Waals surface area contributed by atoms with E-state index in [1.807, 2.05) is 6.08 Å². The molecule has 7 atom stereocenters. The van der Waals surface area contributed by atoms with Gasteiger partial charge in [0, 0.05) is 6.42 Å². The first-order chi connectivity index (χ1) is 34.5. The summed E-state index contributed by atoms with van der Waals surface area (Å²) in [6, 6.07) is -0.940. The van der Waals surface area contributed by atoms with E-state index in [-0.39, 0.29) is 18.9 Å². The number of carbonyl (C=O) groups excluding carboxylic acids is 1. The molecule has 0 aromatic heterocycles. The van der Waals surface area contributed by atoms with E-state index in [0.29, 0.717) is 6.42 Å². The summed E-state index contributed by atoms with van der Waals surface area (Å²) in [5.41, 5.74) is 0. The van der Waals surface area contributed by atoms with Crippen molar-refractivity contribution in [3.63, 3.8) is 0 Å². The zero-order valence-corrected chi connectivity index (χ0v) is 46.6. The smallest absolute Gasteiger partial charge is 0.394 e. The maximum absolute atomic E-state index is 13.1. The molecule has 7 unspecified atom stereocenters. The molecule has 1 aliphatic rings. The van der Waals surface area contributed by atoms with Crippen LogP contribution in [-0.4, -0.2) is 95.4 Å². The maximum Gasteiger partial charge on any atom is 0.397 e. The molecule has 6 N–H and O–H groups in total. The lowest BCUT2D eigenvalue weighted by molar-refractivity contribution is -0.298. The standard InChI is InChI=1S/C58H113NO11S/c1-3-5-7-9-11-13-15-17-19-21-23-25-26-28-30-32-34-36-38-40-42-44-46-48-54(62)59-51(50-68-58-56(64)57(70-71(65,66)67)55(63)53(49-60)69-58)52(61)47-45-43-41-39-37-35-33-31-29-27-24-22-20-18-16-14-12-10-8-6-4-2/h45,47,51-53,55-58,60-61,63-64H,3-44,46,48-50H2,1-2H3,(H,59,62)(H,65,66,67)/b47-45+. The second kappa shape index (κ2) is 48.5. The zero-order valence-electron chi connectivity index (χ0n) is 45.8. The number of allylic oxidation sites excluding steroid dienone is 1. The fraction of sp³-hybridized carbons (Fsp3) is 0.948. The molecule has 0 aliphatic carbocycles. The third-order valence-corrected chi connectivity index (χ3v) is 15.0. The summed E-state index contributed by atoms with van der Waals surface area (Å²) in [7, 11) is -5.09. The van der Waals surface area contributed by atoms with E-state index in [0.717, 1.165) is 38.5 Å². The molecule has 71 heavy (non-hydrogen) atoms. The largest absolute Gasteiger partial charge is 0.397 e. The lowest BCUT2D eigenvalue weighted by Gasteiger charge is -2.41. The van der Waals surface area contributed by atoms with E-state index in [1.54, 1.807) is 6.08 Å². The second-order valence-electron chi connectivity index (χ2n) is 21.3. The average molecular weight is 1030 g/mol. The predicted molar refractivity (Wildman–Crippen MR) is 292 cm³/mol. The van der Waals surface area contributed by atoms with Crippen molar-refractivity contribution in [2.45, 2.75) is 339 Å². The molecular formula is C58H113NO11S. The Morgan fingerprint density at radius 2 is 0.887 bits per heavy atom. The fourth-order valence-corrected chi connectivity index (χ4v) is 10.4. The van der Waals surface area contributed by atoms with Gasteiger partial charge in [-0.1, -0.05) is 283 Å². The number of aliphatic hydroxyl groups is 4. The van der Waals surface area contributed by atoms with Crippen molar-refractivity contribution in [1.29, 1.82) is 0 Å². The molecule has 13 heteroatoms. The van der Waals surface area contributed by atoms with E-state index < -0.39 is 59.9 Å². The molecule has 1 amide bonds. The number of carbonyl (C=O) groups is 1. The van der Waals surface area contributed by atoms with Gasteiger partial charge in [-0.3, -0.25) is 9.35 Å². The number of ether oxygens (including phenoxy) is 2. The van der Waals surface area contributed by atoms with Crippen LogP contribution in [0.15, 0.2) is 12.2 Å². The van der Waals surface area contributed by atoms with Gasteiger partial charge < -0.3 is 35.2 Å². The first-order valence-corrected chi connectivity index (χ1v) is 31.4. The van der Waals surface area contributed by atoms with Crippen LogP contribution in [0.5, 0.6) is 0 Å². The number of amides is 1. The minimum atomic E-state index is -5.09. The summed E-state index contributed by atoms with van der Waals surface area (Å²) in [5.74, 6) is -0.255. The fourth-order valence-electron chi connectivity index (χ4n) is 9.93. The molecule has 0 spiro atoms. The quantitative estimate of drug-likeness (QED) is 0.0193. The van der Waals surface area contributed by atoms with Gasteiger partial charge in [0.25, 0.3) is 0 Å². The van der Waals surface area contributed by atoms with Gasteiger partial charge >= 0.3 is 10.4 Å². The molecule has 0 radical (unpaired) electrons. The van der Waals surface area contributed by atoms with E-state index in [9.17, 15) is 38.2 Å². The summed E-state index contributed by atoms with van der Waals surface area (Å²) in [6.45, 7) is 3.45. The van der Waals surface area contributed by atoms with Crippen LogP contribution in [-0.2, 0) is 28.9 Å². The van der Waals surface area contributed by atoms with Crippen LogP contribution in [0.25, 0.3) is 0 Å². The minimum Gasteiger partial charge on any atom is -0.394 e. The summed E-state index contributed by atoms with van der Waals surface area (Å²) in [4.78, 5) is 13.1. The number of unbranched alkanes of at least 4 members (excludes halogenated alkanes) is 41. The molecule has 1 saturated heterocycles. The highest BCUT2D eigenvalue weighted by Gasteiger charge is 2.48. The summed E-state index contributed by atoms with van der Waals surface area (Å²) >= 11 is 0. The highest BCUT2D eigenvalue weighted by Crippen LogP contribution is 2.26. The van der Waals surface area contributed by atoms with Gasteiger partial charge in [-0.15, -0.1) is 0 Å². The van der Waals surface area contributed by atoms with E-state index in [1.165, 1.54) is 231 Å². The highest BCUT2D eigenvalue weighted by atomic mass is 32.3. The molecule has 422 valence electrons. The van der Waals surface area contributed by atoms with Gasteiger partial charge in [-0.25, -0.2) is 4.18 Å². The van der Waals surface area contributed by atoms with Crippen LogP contribution in [0.2, 0.25) is 0 Å². The number of nitrogens with one attached hydrogen (secondary N) is 1. The monoisotopic (exact) mass is 1030 g/mol. The predicted octanol–water partition coefficient (Wildman–Crippen LogP) is 14.2. The van der Waals surface area contributed by atoms with Crippen LogP contribution < -0.4 is 5.32 Å². The lowest BCUT2D eigenvalue weighted by atomic mass is 9.99. The van der Waals surface area contributed by atoms with Crippen LogP contribution in [0.3, 0.4) is 0 Å². The van der Waals surface area contributed by atoms with Crippen molar-refractivity contribution < 1.29 is 51.8 Å².